The Bertz CT molecular complexity index is 1180. The van der Waals surface area contributed by atoms with Crippen LogP contribution < -0.4 is 14.8 Å². The van der Waals surface area contributed by atoms with E-state index in [0.717, 1.165) is 16.4 Å². The first-order valence-corrected chi connectivity index (χ1v) is 12.4. The van der Waals surface area contributed by atoms with Gasteiger partial charge < -0.3 is 14.8 Å². The average Bonchev–Trinajstić information content (AvgIpc) is 2.79. The van der Waals surface area contributed by atoms with Crippen molar-refractivity contribution in [2.24, 2.45) is 0 Å². The van der Waals surface area contributed by atoms with Crippen molar-refractivity contribution in [3.63, 3.8) is 0 Å². The lowest BCUT2D eigenvalue weighted by atomic mass is 10.3. The second kappa shape index (κ2) is 9.92. The highest BCUT2D eigenvalue weighted by Gasteiger charge is 2.29. The highest BCUT2D eigenvalue weighted by molar-refractivity contribution is 7.89. The summed E-state index contributed by atoms with van der Waals surface area (Å²) in [6.07, 6.45) is 0. The molecule has 2 aromatic rings. The molecule has 0 unspecified atom stereocenters. The van der Waals surface area contributed by atoms with Crippen LogP contribution in [0, 0.1) is 5.82 Å². The number of morpholine rings is 1. The standard InChI is InChI=1S/C19H22FN3O7S2/c1-29-15-3-5-16(6-4-15)31(25,26)21-13-19(24)22-14-2-7-17(20)18(12-14)32(27,28)23-8-10-30-11-9-23/h2-7,12,21H,8-11,13H2,1H3,(H,22,24). The van der Waals surface area contributed by atoms with E-state index in [4.69, 9.17) is 9.47 Å². The van der Waals surface area contributed by atoms with E-state index in [1.165, 1.54) is 37.4 Å². The molecule has 13 heteroatoms. The molecule has 2 aromatic carbocycles. The minimum absolute atomic E-state index is 0.00637. The van der Waals surface area contributed by atoms with E-state index >= 15 is 0 Å². The number of hydrogen-bond donors (Lipinski definition) is 2. The normalized spacial score (nSPS) is 15.3. The zero-order valence-corrected chi connectivity index (χ0v) is 18.7. The fourth-order valence-electron chi connectivity index (χ4n) is 2.91. The molecule has 3 rings (SSSR count). The number of rotatable bonds is 8. The number of anilines is 1. The summed E-state index contributed by atoms with van der Waals surface area (Å²) in [5.41, 5.74) is 0.00637. The molecule has 0 bridgehead atoms. The van der Waals surface area contributed by atoms with Crippen LogP contribution in [0.3, 0.4) is 0 Å². The van der Waals surface area contributed by atoms with Crippen molar-refractivity contribution in [2.45, 2.75) is 9.79 Å². The smallest absolute Gasteiger partial charge is 0.246 e. The number of nitrogens with one attached hydrogen (secondary N) is 2. The van der Waals surface area contributed by atoms with Gasteiger partial charge in [0.15, 0.2) is 0 Å². The molecule has 10 nitrogen and oxygen atoms in total. The van der Waals surface area contributed by atoms with Crippen molar-refractivity contribution in [3.05, 3.63) is 48.3 Å². The van der Waals surface area contributed by atoms with Gasteiger partial charge in [-0.3, -0.25) is 4.79 Å². The van der Waals surface area contributed by atoms with E-state index in [1.807, 2.05) is 0 Å². The summed E-state index contributed by atoms with van der Waals surface area (Å²) in [7, 11) is -6.65. The maximum atomic E-state index is 14.3. The largest absolute Gasteiger partial charge is 0.497 e. The Labute approximate surface area is 185 Å². The minimum atomic E-state index is -4.12. The fraction of sp³-hybridized carbons (Fsp3) is 0.316. The topological polar surface area (TPSA) is 131 Å². The second-order valence-corrected chi connectivity index (χ2v) is 10.4. The minimum Gasteiger partial charge on any atom is -0.497 e. The molecule has 1 saturated heterocycles. The summed E-state index contributed by atoms with van der Waals surface area (Å²) >= 11 is 0. The van der Waals surface area contributed by atoms with Crippen molar-refractivity contribution in [1.29, 1.82) is 0 Å². The van der Waals surface area contributed by atoms with Gasteiger partial charge >= 0.3 is 0 Å². The number of methoxy groups -OCH3 is 1. The van der Waals surface area contributed by atoms with Crippen LogP contribution in [0.1, 0.15) is 0 Å². The molecular weight excluding hydrogens is 465 g/mol. The summed E-state index contributed by atoms with van der Waals surface area (Å²) in [4.78, 5) is 11.6. The Balaban J connectivity index is 1.68. The van der Waals surface area contributed by atoms with Crippen LogP contribution in [0.25, 0.3) is 0 Å². The van der Waals surface area contributed by atoms with Crippen molar-refractivity contribution in [3.8, 4) is 5.75 Å². The molecule has 174 valence electrons. The van der Waals surface area contributed by atoms with Gasteiger partial charge in [0.25, 0.3) is 0 Å². The van der Waals surface area contributed by atoms with Gasteiger partial charge in [0, 0.05) is 18.8 Å². The van der Waals surface area contributed by atoms with Crippen LogP contribution >= 0.6 is 0 Å². The third-order valence-corrected chi connectivity index (χ3v) is 7.93. The second-order valence-electron chi connectivity index (χ2n) is 6.71. The Morgan fingerprint density at radius 3 is 2.38 bits per heavy atom. The number of ether oxygens (including phenoxy) is 2. The molecule has 1 aliphatic heterocycles. The number of carbonyl (C=O) groups is 1. The molecule has 1 heterocycles. The molecule has 2 N–H and O–H groups in total. The Kier molecular flexibility index (Phi) is 7.46. The maximum absolute atomic E-state index is 14.3. The molecule has 32 heavy (non-hydrogen) atoms. The molecular formula is C19H22FN3O7S2. The van der Waals surface area contributed by atoms with Gasteiger partial charge in [0.05, 0.1) is 31.8 Å². The van der Waals surface area contributed by atoms with Gasteiger partial charge in [-0.15, -0.1) is 0 Å². The lowest BCUT2D eigenvalue weighted by molar-refractivity contribution is -0.115. The van der Waals surface area contributed by atoms with Crippen LogP contribution in [0.5, 0.6) is 5.75 Å². The van der Waals surface area contributed by atoms with Gasteiger partial charge in [-0.05, 0) is 42.5 Å². The highest BCUT2D eigenvalue weighted by atomic mass is 32.2. The van der Waals surface area contributed by atoms with E-state index in [9.17, 15) is 26.0 Å². The van der Waals surface area contributed by atoms with Crippen LogP contribution in [-0.2, 0) is 29.6 Å². The maximum Gasteiger partial charge on any atom is 0.246 e. The van der Waals surface area contributed by atoms with Gasteiger partial charge in [0.2, 0.25) is 26.0 Å². The van der Waals surface area contributed by atoms with Gasteiger partial charge in [0.1, 0.15) is 16.5 Å². The molecule has 1 amide bonds. The van der Waals surface area contributed by atoms with E-state index < -0.39 is 43.2 Å². The first-order chi connectivity index (χ1) is 15.1. The zero-order valence-electron chi connectivity index (χ0n) is 17.1. The summed E-state index contributed by atoms with van der Waals surface area (Å²) < 4.78 is 77.7. The number of benzene rings is 2. The third kappa shape index (κ3) is 5.61. The summed E-state index contributed by atoms with van der Waals surface area (Å²) in [6.45, 7) is -0.0362. The molecule has 0 aromatic heterocycles. The highest BCUT2D eigenvalue weighted by Crippen LogP contribution is 2.24. The summed E-state index contributed by atoms with van der Waals surface area (Å²) in [6, 6.07) is 8.67. The molecule has 0 aliphatic carbocycles. The van der Waals surface area contributed by atoms with E-state index in [-0.39, 0.29) is 36.9 Å². The fourth-order valence-corrected chi connectivity index (χ4v) is 5.39. The quantitative estimate of drug-likeness (QED) is 0.562. The molecule has 0 atom stereocenters. The van der Waals surface area contributed by atoms with Gasteiger partial charge in [-0.25, -0.2) is 25.9 Å². The molecule has 1 aliphatic rings. The van der Waals surface area contributed by atoms with Crippen LogP contribution in [0.15, 0.2) is 52.3 Å². The lowest BCUT2D eigenvalue weighted by Crippen LogP contribution is -2.41. The van der Waals surface area contributed by atoms with Crippen LogP contribution in [-0.4, -0.2) is 67.0 Å². The van der Waals surface area contributed by atoms with Gasteiger partial charge in [-0.2, -0.15) is 4.31 Å². The van der Waals surface area contributed by atoms with Crippen molar-refractivity contribution in [2.75, 3.05) is 45.3 Å². The van der Waals surface area contributed by atoms with E-state index in [0.29, 0.717) is 5.75 Å². The lowest BCUT2D eigenvalue weighted by Gasteiger charge is -2.26. The zero-order chi connectivity index (χ0) is 23.4. The van der Waals surface area contributed by atoms with Crippen molar-refractivity contribution < 1.29 is 35.5 Å². The predicted molar refractivity (Wildman–Crippen MR) is 113 cm³/mol. The number of nitrogens with zero attached hydrogens (tertiary/aromatic N) is 1. The number of sulfonamides is 2. The Morgan fingerprint density at radius 2 is 1.75 bits per heavy atom. The summed E-state index contributed by atoms with van der Waals surface area (Å²) in [5.74, 6) is -1.25. The number of carbonyl (C=O) groups excluding carboxylic acids is 1. The van der Waals surface area contributed by atoms with Crippen LogP contribution in [0.4, 0.5) is 10.1 Å². The Hall–Kier alpha value is -2.58. The first kappa shape index (κ1) is 24.1. The monoisotopic (exact) mass is 487 g/mol. The number of hydrogen-bond acceptors (Lipinski definition) is 7. The van der Waals surface area contributed by atoms with E-state index in [1.54, 1.807) is 0 Å². The molecule has 1 fully saturated rings. The first-order valence-electron chi connectivity index (χ1n) is 9.44. The molecule has 0 spiro atoms. The summed E-state index contributed by atoms with van der Waals surface area (Å²) in [5, 5.41) is 2.37. The van der Waals surface area contributed by atoms with Gasteiger partial charge in [-0.1, -0.05) is 0 Å². The van der Waals surface area contributed by atoms with Crippen molar-refractivity contribution >= 4 is 31.6 Å². The SMILES string of the molecule is COc1ccc(S(=O)(=O)NCC(=O)Nc2ccc(F)c(S(=O)(=O)N3CCOCC3)c2)cc1. The predicted octanol–water partition coefficient (Wildman–Crippen LogP) is 0.772. The van der Waals surface area contributed by atoms with Crippen LogP contribution in [0.2, 0.25) is 0 Å². The Morgan fingerprint density at radius 1 is 1.09 bits per heavy atom. The average molecular weight is 488 g/mol. The third-order valence-electron chi connectivity index (χ3n) is 4.60. The van der Waals surface area contributed by atoms with E-state index in [2.05, 4.69) is 10.0 Å². The number of halogens is 1. The molecule has 0 radical (unpaired) electrons. The molecule has 0 saturated carbocycles. The number of amides is 1. The van der Waals surface area contributed by atoms with Crippen molar-refractivity contribution in [1.82, 2.24) is 9.03 Å².